The van der Waals surface area contributed by atoms with Gasteiger partial charge in [0.05, 0.1) is 6.54 Å². The first kappa shape index (κ1) is 17.4. The number of ether oxygens (including phenoxy) is 1. The van der Waals surface area contributed by atoms with E-state index in [1.807, 2.05) is 6.07 Å². The highest BCUT2D eigenvalue weighted by Crippen LogP contribution is 2.33. The number of hydrogen-bond donors (Lipinski definition) is 1. The Morgan fingerprint density at radius 2 is 1.92 bits per heavy atom. The summed E-state index contributed by atoms with van der Waals surface area (Å²) in [5.41, 5.74) is 2.51. The molecule has 1 aliphatic rings. The van der Waals surface area contributed by atoms with Gasteiger partial charge in [-0.05, 0) is 40.8 Å². The van der Waals surface area contributed by atoms with Gasteiger partial charge in [0, 0.05) is 12.0 Å². The molecular formula is C20H21F2NO2. The van der Waals surface area contributed by atoms with Crippen molar-refractivity contribution < 1.29 is 18.3 Å². The number of carbonyl (C=O) groups excluding carboxylic acids is 1. The van der Waals surface area contributed by atoms with E-state index in [1.54, 1.807) is 0 Å². The van der Waals surface area contributed by atoms with Gasteiger partial charge in [0.2, 0.25) is 0 Å². The summed E-state index contributed by atoms with van der Waals surface area (Å²) in [5, 5.41) is 2.71. The smallest absolute Gasteiger partial charge is 0.251 e. The van der Waals surface area contributed by atoms with E-state index in [4.69, 9.17) is 4.74 Å². The number of amides is 1. The van der Waals surface area contributed by atoms with Crippen molar-refractivity contribution in [3.8, 4) is 5.75 Å². The second kappa shape index (κ2) is 6.47. The van der Waals surface area contributed by atoms with Crippen molar-refractivity contribution >= 4 is 5.91 Å². The van der Waals surface area contributed by atoms with E-state index in [2.05, 4.69) is 38.2 Å². The van der Waals surface area contributed by atoms with Crippen LogP contribution in [0.25, 0.3) is 0 Å². The maximum atomic E-state index is 13.2. The normalized spacial score (nSPS) is 16.3. The van der Waals surface area contributed by atoms with Gasteiger partial charge in [-0.15, -0.1) is 0 Å². The predicted octanol–water partition coefficient (Wildman–Crippen LogP) is 4.00. The Hall–Kier alpha value is -2.43. The molecule has 1 amide bonds. The molecule has 0 radical (unpaired) electrons. The lowest BCUT2D eigenvalue weighted by molar-refractivity contribution is 0.0933. The van der Waals surface area contributed by atoms with E-state index in [9.17, 15) is 13.6 Å². The van der Waals surface area contributed by atoms with Crippen molar-refractivity contribution in [2.45, 2.75) is 38.7 Å². The lowest BCUT2D eigenvalue weighted by Gasteiger charge is -2.19. The third-order valence-electron chi connectivity index (χ3n) is 4.34. The summed E-state index contributed by atoms with van der Waals surface area (Å²) in [7, 11) is 0. The van der Waals surface area contributed by atoms with Crippen LogP contribution in [0.3, 0.4) is 0 Å². The van der Waals surface area contributed by atoms with E-state index in [0.29, 0.717) is 13.0 Å². The predicted molar refractivity (Wildman–Crippen MR) is 92.0 cm³/mol. The maximum Gasteiger partial charge on any atom is 0.251 e. The standard InChI is InChI=1S/C20H21F2NO2/c1-20(2,3)14-5-7-18-13(8-14)9-15(25-18)11-23-19(24)12-4-6-16(21)17(22)10-12/h4-8,10,15H,9,11H2,1-3H3,(H,23,24)/t15-/m0/s1. The lowest BCUT2D eigenvalue weighted by atomic mass is 9.86. The summed E-state index contributed by atoms with van der Waals surface area (Å²) in [5.74, 6) is -1.62. The van der Waals surface area contributed by atoms with Crippen LogP contribution in [0.1, 0.15) is 42.3 Å². The van der Waals surface area contributed by atoms with Crippen LogP contribution in [0.5, 0.6) is 5.75 Å². The molecule has 1 aliphatic heterocycles. The fourth-order valence-electron chi connectivity index (χ4n) is 2.85. The zero-order chi connectivity index (χ0) is 18.2. The van der Waals surface area contributed by atoms with Gasteiger partial charge in [0.1, 0.15) is 11.9 Å². The second-order valence-corrected chi connectivity index (χ2v) is 7.36. The van der Waals surface area contributed by atoms with Gasteiger partial charge in [-0.1, -0.05) is 32.9 Å². The van der Waals surface area contributed by atoms with Crippen molar-refractivity contribution in [2.24, 2.45) is 0 Å². The summed E-state index contributed by atoms with van der Waals surface area (Å²) in [6.45, 7) is 6.77. The first-order valence-electron chi connectivity index (χ1n) is 8.27. The summed E-state index contributed by atoms with van der Waals surface area (Å²) >= 11 is 0. The van der Waals surface area contributed by atoms with E-state index >= 15 is 0 Å². The molecule has 0 unspecified atom stereocenters. The number of nitrogens with one attached hydrogen (secondary N) is 1. The van der Waals surface area contributed by atoms with Crippen molar-refractivity contribution in [3.63, 3.8) is 0 Å². The molecule has 0 bridgehead atoms. The SMILES string of the molecule is CC(C)(C)c1ccc2c(c1)C[C@@H](CNC(=O)c1ccc(F)c(F)c1)O2. The Labute approximate surface area is 146 Å². The number of halogens is 2. The minimum Gasteiger partial charge on any atom is -0.488 e. The van der Waals surface area contributed by atoms with E-state index in [-0.39, 0.29) is 17.1 Å². The van der Waals surface area contributed by atoms with Gasteiger partial charge in [0.15, 0.2) is 11.6 Å². The molecule has 0 saturated heterocycles. The molecule has 0 fully saturated rings. The first-order valence-corrected chi connectivity index (χ1v) is 8.27. The molecule has 1 N–H and O–H groups in total. The zero-order valence-electron chi connectivity index (χ0n) is 14.5. The van der Waals surface area contributed by atoms with Crippen LogP contribution in [0.2, 0.25) is 0 Å². The topological polar surface area (TPSA) is 38.3 Å². The number of fused-ring (bicyclic) bond motifs is 1. The fourth-order valence-corrected chi connectivity index (χ4v) is 2.85. The highest BCUT2D eigenvalue weighted by atomic mass is 19.2. The Morgan fingerprint density at radius 1 is 1.16 bits per heavy atom. The van der Waals surface area contributed by atoms with Crippen LogP contribution >= 0.6 is 0 Å². The van der Waals surface area contributed by atoms with E-state index < -0.39 is 17.5 Å². The fraction of sp³-hybridized carbons (Fsp3) is 0.350. The average Bonchev–Trinajstić information content (AvgIpc) is 2.96. The van der Waals surface area contributed by atoms with Crippen molar-refractivity contribution in [1.29, 1.82) is 0 Å². The Morgan fingerprint density at radius 3 is 2.60 bits per heavy atom. The van der Waals surface area contributed by atoms with Gasteiger partial charge < -0.3 is 10.1 Å². The van der Waals surface area contributed by atoms with Crippen LogP contribution in [-0.4, -0.2) is 18.6 Å². The third-order valence-corrected chi connectivity index (χ3v) is 4.34. The van der Waals surface area contributed by atoms with Crippen molar-refractivity contribution in [2.75, 3.05) is 6.54 Å². The molecule has 3 rings (SSSR count). The van der Waals surface area contributed by atoms with Gasteiger partial charge >= 0.3 is 0 Å². The first-order chi connectivity index (χ1) is 11.7. The quantitative estimate of drug-likeness (QED) is 0.913. The molecule has 0 saturated carbocycles. The Kier molecular flexibility index (Phi) is 4.50. The molecule has 25 heavy (non-hydrogen) atoms. The molecular weight excluding hydrogens is 324 g/mol. The lowest BCUT2D eigenvalue weighted by Crippen LogP contribution is -2.34. The van der Waals surface area contributed by atoms with Crippen molar-refractivity contribution in [1.82, 2.24) is 5.32 Å². The van der Waals surface area contributed by atoms with Gasteiger partial charge in [-0.25, -0.2) is 8.78 Å². The highest BCUT2D eigenvalue weighted by Gasteiger charge is 2.25. The van der Waals surface area contributed by atoms with Crippen LogP contribution in [-0.2, 0) is 11.8 Å². The number of rotatable bonds is 3. The minimum atomic E-state index is -1.04. The molecule has 0 spiro atoms. The summed E-state index contributed by atoms with van der Waals surface area (Å²) < 4.78 is 32.0. The third kappa shape index (κ3) is 3.81. The van der Waals surface area contributed by atoms with Gasteiger partial charge in [-0.2, -0.15) is 0 Å². The molecule has 2 aromatic rings. The largest absolute Gasteiger partial charge is 0.488 e. The molecule has 1 atom stereocenters. The number of hydrogen-bond acceptors (Lipinski definition) is 2. The Balaban J connectivity index is 1.61. The zero-order valence-corrected chi connectivity index (χ0v) is 14.5. The monoisotopic (exact) mass is 345 g/mol. The van der Waals surface area contributed by atoms with Crippen molar-refractivity contribution in [3.05, 3.63) is 64.7 Å². The molecule has 5 heteroatoms. The molecule has 132 valence electrons. The van der Waals surface area contributed by atoms with Crippen LogP contribution in [0.4, 0.5) is 8.78 Å². The molecule has 2 aromatic carbocycles. The van der Waals surface area contributed by atoms with Gasteiger partial charge in [0.25, 0.3) is 5.91 Å². The van der Waals surface area contributed by atoms with Crippen LogP contribution in [0, 0.1) is 11.6 Å². The maximum absolute atomic E-state index is 13.2. The summed E-state index contributed by atoms with van der Waals surface area (Å²) in [4.78, 5) is 12.1. The molecule has 3 nitrogen and oxygen atoms in total. The van der Waals surface area contributed by atoms with Gasteiger partial charge in [-0.3, -0.25) is 4.79 Å². The summed E-state index contributed by atoms with van der Waals surface area (Å²) in [6, 6.07) is 9.26. The molecule has 0 aliphatic carbocycles. The Bertz CT molecular complexity index is 812. The number of carbonyl (C=O) groups is 1. The van der Waals surface area contributed by atoms with Crippen LogP contribution in [0.15, 0.2) is 36.4 Å². The molecule has 1 heterocycles. The van der Waals surface area contributed by atoms with Crippen LogP contribution < -0.4 is 10.1 Å². The summed E-state index contributed by atoms with van der Waals surface area (Å²) in [6.07, 6.45) is 0.539. The molecule has 0 aromatic heterocycles. The second-order valence-electron chi connectivity index (χ2n) is 7.36. The van der Waals surface area contributed by atoms with E-state index in [0.717, 1.165) is 23.4 Å². The number of benzene rings is 2. The minimum absolute atomic E-state index is 0.0635. The highest BCUT2D eigenvalue weighted by molar-refractivity contribution is 5.94. The van der Waals surface area contributed by atoms with E-state index in [1.165, 1.54) is 11.6 Å². The average molecular weight is 345 g/mol.